The topological polar surface area (TPSA) is 37.3 Å². The first-order valence-electron chi connectivity index (χ1n) is 6.72. The smallest absolute Gasteiger partial charge is 0.142 e. The van der Waals surface area contributed by atoms with Crippen molar-refractivity contribution >= 4 is 5.78 Å². The predicted molar refractivity (Wildman–Crippen MR) is 64.0 cm³/mol. The third-order valence-corrected chi connectivity index (χ3v) is 4.80. The lowest BCUT2D eigenvalue weighted by molar-refractivity contribution is -0.130. The Hall–Kier alpha value is -0.370. The molecule has 4 unspecified atom stereocenters. The zero-order chi connectivity index (χ0) is 11.8. The van der Waals surface area contributed by atoms with E-state index in [1.807, 2.05) is 0 Å². The summed E-state index contributed by atoms with van der Waals surface area (Å²) in [6.45, 7) is 4.51. The number of fused-ring (bicyclic) bond motifs is 2. The number of aliphatic hydroxyl groups is 1. The highest BCUT2D eigenvalue weighted by Gasteiger charge is 2.53. The summed E-state index contributed by atoms with van der Waals surface area (Å²) in [5.41, 5.74) is 0.0396. The zero-order valence-electron chi connectivity index (χ0n) is 10.5. The molecule has 2 fully saturated rings. The number of Topliss-reactive ketones (excluding diaryl/α,β-unsaturated/α-hetero) is 1. The van der Waals surface area contributed by atoms with Crippen LogP contribution >= 0.6 is 0 Å². The fourth-order valence-corrected chi connectivity index (χ4v) is 3.66. The Bertz CT molecular complexity index is 274. The van der Waals surface area contributed by atoms with Gasteiger partial charge in [-0.1, -0.05) is 20.3 Å². The maximum atomic E-state index is 12.2. The summed E-state index contributed by atoms with van der Waals surface area (Å²) in [6, 6.07) is 0. The molecule has 16 heavy (non-hydrogen) atoms. The molecule has 2 nitrogen and oxygen atoms in total. The van der Waals surface area contributed by atoms with Crippen LogP contribution < -0.4 is 0 Å². The van der Waals surface area contributed by atoms with Crippen molar-refractivity contribution in [3.63, 3.8) is 0 Å². The average molecular weight is 224 g/mol. The molecule has 0 heterocycles. The van der Waals surface area contributed by atoms with E-state index in [-0.39, 0.29) is 12.0 Å². The molecular formula is C14H24O2. The van der Waals surface area contributed by atoms with Gasteiger partial charge in [0.15, 0.2) is 0 Å². The van der Waals surface area contributed by atoms with Crippen LogP contribution in [0.15, 0.2) is 0 Å². The van der Waals surface area contributed by atoms with Crippen LogP contribution in [-0.4, -0.2) is 17.5 Å². The molecule has 0 aliphatic heterocycles. The number of carbonyl (C=O) groups excluding carboxylic acids is 1. The third-order valence-electron chi connectivity index (χ3n) is 4.80. The number of aliphatic hydroxyl groups excluding tert-OH is 1. The second-order valence-electron chi connectivity index (χ2n) is 6.25. The lowest BCUT2D eigenvalue weighted by Gasteiger charge is -2.25. The number of hydrogen-bond acceptors (Lipinski definition) is 2. The molecule has 0 aromatic heterocycles. The number of carbonyl (C=O) groups is 1. The van der Waals surface area contributed by atoms with Crippen molar-refractivity contribution in [1.29, 1.82) is 0 Å². The first-order valence-corrected chi connectivity index (χ1v) is 6.72. The van der Waals surface area contributed by atoms with Gasteiger partial charge in [-0.15, -0.1) is 0 Å². The molecule has 0 amide bonds. The van der Waals surface area contributed by atoms with Crippen molar-refractivity contribution in [2.75, 3.05) is 6.61 Å². The van der Waals surface area contributed by atoms with E-state index in [4.69, 9.17) is 5.11 Å². The van der Waals surface area contributed by atoms with Crippen LogP contribution in [0.1, 0.15) is 52.4 Å². The molecule has 2 bridgehead atoms. The van der Waals surface area contributed by atoms with Gasteiger partial charge >= 0.3 is 0 Å². The second-order valence-corrected chi connectivity index (χ2v) is 6.25. The summed E-state index contributed by atoms with van der Waals surface area (Å²) >= 11 is 0. The predicted octanol–water partition coefficient (Wildman–Crippen LogP) is 2.79. The Balaban J connectivity index is 1.81. The first kappa shape index (κ1) is 12.1. The van der Waals surface area contributed by atoms with Gasteiger partial charge in [-0.3, -0.25) is 4.79 Å². The van der Waals surface area contributed by atoms with Crippen molar-refractivity contribution in [2.24, 2.45) is 23.2 Å². The molecule has 0 aromatic carbocycles. The van der Waals surface area contributed by atoms with Gasteiger partial charge in [0.2, 0.25) is 0 Å². The molecule has 92 valence electrons. The fraction of sp³-hybridized carbons (Fsp3) is 0.929. The minimum atomic E-state index is 0.0396. The lowest BCUT2D eigenvalue weighted by Crippen LogP contribution is -2.28. The first-order chi connectivity index (χ1) is 7.57. The highest BCUT2D eigenvalue weighted by atomic mass is 16.3. The van der Waals surface area contributed by atoms with Gasteiger partial charge in [-0.05, 0) is 43.9 Å². The fourth-order valence-electron chi connectivity index (χ4n) is 3.66. The third kappa shape index (κ3) is 2.04. The van der Waals surface area contributed by atoms with Crippen molar-refractivity contribution in [3.05, 3.63) is 0 Å². The van der Waals surface area contributed by atoms with Crippen LogP contribution in [0.3, 0.4) is 0 Å². The summed E-state index contributed by atoms with van der Waals surface area (Å²) in [6.07, 6.45) is 6.76. The molecule has 4 atom stereocenters. The van der Waals surface area contributed by atoms with E-state index in [1.165, 1.54) is 6.42 Å². The van der Waals surface area contributed by atoms with Gasteiger partial charge in [0.05, 0.1) is 0 Å². The Morgan fingerprint density at radius 2 is 2.31 bits per heavy atom. The molecule has 2 aliphatic carbocycles. The van der Waals surface area contributed by atoms with E-state index in [2.05, 4.69) is 13.8 Å². The lowest BCUT2D eigenvalue weighted by atomic mass is 9.78. The Labute approximate surface area is 98.4 Å². The van der Waals surface area contributed by atoms with Crippen molar-refractivity contribution in [2.45, 2.75) is 52.4 Å². The van der Waals surface area contributed by atoms with E-state index in [1.54, 1.807) is 0 Å². The molecule has 2 saturated carbocycles. The van der Waals surface area contributed by atoms with Gasteiger partial charge in [-0.25, -0.2) is 0 Å². The van der Waals surface area contributed by atoms with Crippen molar-refractivity contribution < 1.29 is 9.90 Å². The molecule has 2 heteroatoms. The van der Waals surface area contributed by atoms with Gasteiger partial charge in [0, 0.05) is 17.9 Å². The van der Waals surface area contributed by atoms with Crippen LogP contribution in [0.4, 0.5) is 0 Å². The Kier molecular flexibility index (Phi) is 3.39. The highest BCUT2D eigenvalue weighted by molar-refractivity contribution is 5.90. The minimum Gasteiger partial charge on any atom is -0.396 e. The summed E-state index contributed by atoms with van der Waals surface area (Å²) in [5.74, 6) is 1.97. The summed E-state index contributed by atoms with van der Waals surface area (Å²) < 4.78 is 0. The second kappa shape index (κ2) is 4.48. The van der Waals surface area contributed by atoms with E-state index >= 15 is 0 Å². The molecule has 0 saturated heterocycles. The standard InChI is InChI=1S/C14H24O2/c1-10(9-15)4-3-5-12-11-6-7-14(2,8-11)13(12)16/h10-12,15H,3-9H2,1-2H3. The SMILES string of the molecule is CC(CO)CCCC1C(=O)C2(C)CCC1C2. The molecule has 0 radical (unpaired) electrons. The van der Waals surface area contributed by atoms with E-state index in [0.717, 1.165) is 32.1 Å². The van der Waals surface area contributed by atoms with Gasteiger partial charge < -0.3 is 5.11 Å². The molecular weight excluding hydrogens is 200 g/mol. The molecule has 1 N–H and O–H groups in total. The average Bonchev–Trinajstić information content (AvgIpc) is 2.75. The number of ketones is 1. The molecule has 2 aliphatic rings. The van der Waals surface area contributed by atoms with E-state index in [9.17, 15) is 4.79 Å². The quantitative estimate of drug-likeness (QED) is 0.779. The number of hydrogen-bond donors (Lipinski definition) is 1. The maximum absolute atomic E-state index is 12.2. The Morgan fingerprint density at radius 1 is 1.56 bits per heavy atom. The monoisotopic (exact) mass is 224 g/mol. The zero-order valence-corrected chi connectivity index (χ0v) is 10.5. The van der Waals surface area contributed by atoms with Gasteiger partial charge in [0.1, 0.15) is 5.78 Å². The van der Waals surface area contributed by atoms with Crippen LogP contribution in [0, 0.1) is 23.2 Å². The van der Waals surface area contributed by atoms with Crippen LogP contribution in [0.2, 0.25) is 0 Å². The van der Waals surface area contributed by atoms with Crippen LogP contribution in [0.25, 0.3) is 0 Å². The normalized spacial score (nSPS) is 39.3. The maximum Gasteiger partial charge on any atom is 0.142 e. The summed E-state index contributed by atoms with van der Waals surface area (Å²) in [4.78, 5) is 12.2. The van der Waals surface area contributed by atoms with Crippen molar-refractivity contribution in [3.8, 4) is 0 Å². The van der Waals surface area contributed by atoms with E-state index < -0.39 is 0 Å². The van der Waals surface area contributed by atoms with E-state index in [0.29, 0.717) is 23.5 Å². The highest BCUT2D eigenvalue weighted by Crippen LogP contribution is 2.55. The molecule has 2 rings (SSSR count). The number of rotatable bonds is 5. The molecule has 0 aromatic rings. The summed E-state index contributed by atoms with van der Waals surface area (Å²) in [5, 5.41) is 8.96. The summed E-state index contributed by atoms with van der Waals surface area (Å²) in [7, 11) is 0. The molecule has 0 spiro atoms. The van der Waals surface area contributed by atoms with Crippen LogP contribution in [-0.2, 0) is 4.79 Å². The Morgan fingerprint density at radius 3 is 2.88 bits per heavy atom. The van der Waals surface area contributed by atoms with Gasteiger partial charge in [0.25, 0.3) is 0 Å². The van der Waals surface area contributed by atoms with Crippen LogP contribution in [0.5, 0.6) is 0 Å². The minimum absolute atomic E-state index is 0.0396. The largest absolute Gasteiger partial charge is 0.396 e. The van der Waals surface area contributed by atoms with Gasteiger partial charge in [-0.2, -0.15) is 0 Å². The van der Waals surface area contributed by atoms with Crippen molar-refractivity contribution in [1.82, 2.24) is 0 Å².